The van der Waals surface area contributed by atoms with Crippen molar-refractivity contribution in [2.45, 2.75) is 13.5 Å². The van der Waals surface area contributed by atoms with Gasteiger partial charge in [0.15, 0.2) is 6.61 Å². The molecule has 0 aliphatic heterocycles. The zero-order valence-electron chi connectivity index (χ0n) is 12.6. The lowest BCUT2D eigenvalue weighted by Crippen LogP contribution is -2.28. The number of rotatable bonds is 6. The van der Waals surface area contributed by atoms with Gasteiger partial charge in [0.2, 0.25) is 0 Å². The molecule has 0 atom stereocenters. The molecule has 4 nitrogen and oxygen atoms in total. The number of ether oxygens (including phenoxy) is 2. The van der Waals surface area contributed by atoms with Crippen molar-refractivity contribution in [3.63, 3.8) is 0 Å². The Balaban J connectivity index is 1.81. The zero-order chi connectivity index (χ0) is 15.9. The lowest BCUT2D eigenvalue weighted by atomic mass is 10.2. The topological polar surface area (TPSA) is 47.6 Å². The quantitative estimate of drug-likeness (QED) is 0.888. The summed E-state index contributed by atoms with van der Waals surface area (Å²) in [5.74, 6) is 1.15. The van der Waals surface area contributed by atoms with Gasteiger partial charge in [-0.2, -0.15) is 0 Å². The van der Waals surface area contributed by atoms with Gasteiger partial charge >= 0.3 is 0 Å². The fourth-order valence-corrected chi connectivity index (χ4v) is 2.06. The molecule has 2 aromatic rings. The van der Waals surface area contributed by atoms with E-state index in [1.54, 1.807) is 19.2 Å². The van der Waals surface area contributed by atoms with Gasteiger partial charge in [0.05, 0.1) is 7.11 Å². The summed E-state index contributed by atoms with van der Waals surface area (Å²) in [5, 5.41) is 3.32. The predicted molar refractivity (Wildman–Crippen MR) is 86.5 cm³/mol. The number of hydrogen-bond donors (Lipinski definition) is 1. The van der Waals surface area contributed by atoms with Gasteiger partial charge in [0, 0.05) is 11.6 Å². The van der Waals surface area contributed by atoms with Crippen LogP contribution in [-0.4, -0.2) is 19.6 Å². The van der Waals surface area contributed by atoms with E-state index in [2.05, 4.69) is 5.32 Å². The molecule has 5 heteroatoms. The van der Waals surface area contributed by atoms with Gasteiger partial charge in [0.25, 0.3) is 5.91 Å². The first-order valence-electron chi connectivity index (χ1n) is 6.87. The van der Waals surface area contributed by atoms with Gasteiger partial charge in [-0.3, -0.25) is 4.79 Å². The highest BCUT2D eigenvalue weighted by Gasteiger charge is 2.06. The summed E-state index contributed by atoms with van der Waals surface area (Å²) in [6, 6.07) is 12.9. The number of nitrogens with one attached hydrogen (secondary N) is 1. The normalized spacial score (nSPS) is 10.1. The van der Waals surface area contributed by atoms with Crippen LogP contribution in [0.4, 0.5) is 0 Å². The number of carbonyl (C=O) groups is 1. The van der Waals surface area contributed by atoms with Crippen molar-refractivity contribution in [2.24, 2.45) is 0 Å². The SMILES string of the molecule is COc1ccc(CNC(=O)COc2ccc(C)cc2)c(Cl)c1. The molecule has 1 N–H and O–H groups in total. The van der Waals surface area contributed by atoms with Crippen LogP contribution >= 0.6 is 11.6 Å². The maximum atomic E-state index is 11.8. The van der Waals surface area contributed by atoms with Crippen LogP contribution in [0.5, 0.6) is 11.5 Å². The summed E-state index contributed by atoms with van der Waals surface area (Å²) >= 11 is 6.12. The number of halogens is 1. The van der Waals surface area contributed by atoms with Crippen LogP contribution in [0.2, 0.25) is 5.02 Å². The van der Waals surface area contributed by atoms with E-state index >= 15 is 0 Å². The van der Waals surface area contributed by atoms with E-state index in [1.807, 2.05) is 37.3 Å². The summed E-state index contributed by atoms with van der Waals surface area (Å²) in [4.78, 5) is 11.8. The molecule has 0 spiro atoms. The molecule has 0 aliphatic carbocycles. The Bertz CT molecular complexity index is 641. The van der Waals surface area contributed by atoms with Crippen molar-refractivity contribution in [3.8, 4) is 11.5 Å². The molecule has 0 bridgehead atoms. The molecule has 0 unspecified atom stereocenters. The fraction of sp³-hybridized carbons (Fsp3) is 0.235. The Hall–Kier alpha value is -2.20. The molecule has 116 valence electrons. The Labute approximate surface area is 135 Å². The molecule has 0 fully saturated rings. The van der Waals surface area contributed by atoms with Crippen molar-refractivity contribution in [1.29, 1.82) is 0 Å². The van der Waals surface area contributed by atoms with Crippen molar-refractivity contribution >= 4 is 17.5 Å². The minimum atomic E-state index is -0.201. The third-order valence-corrected chi connectivity index (χ3v) is 3.48. The molecule has 0 saturated carbocycles. The van der Waals surface area contributed by atoms with Crippen LogP contribution in [0.3, 0.4) is 0 Å². The lowest BCUT2D eigenvalue weighted by molar-refractivity contribution is -0.123. The highest BCUT2D eigenvalue weighted by atomic mass is 35.5. The van der Waals surface area contributed by atoms with Gasteiger partial charge in [-0.25, -0.2) is 0 Å². The summed E-state index contributed by atoms with van der Waals surface area (Å²) < 4.78 is 10.5. The highest BCUT2D eigenvalue weighted by Crippen LogP contribution is 2.22. The minimum absolute atomic E-state index is 0.0309. The molecular formula is C17H18ClNO3. The summed E-state index contributed by atoms with van der Waals surface area (Å²) in [7, 11) is 1.58. The van der Waals surface area contributed by atoms with Gasteiger partial charge in [-0.05, 0) is 36.8 Å². The molecular weight excluding hydrogens is 302 g/mol. The third kappa shape index (κ3) is 4.67. The van der Waals surface area contributed by atoms with Crippen molar-refractivity contribution < 1.29 is 14.3 Å². The Morgan fingerprint density at radius 3 is 2.45 bits per heavy atom. The maximum absolute atomic E-state index is 11.8. The van der Waals surface area contributed by atoms with E-state index in [1.165, 1.54) is 0 Å². The number of hydrogen-bond acceptors (Lipinski definition) is 3. The summed E-state index contributed by atoms with van der Waals surface area (Å²) in [6.45, 7) is 2.31. The number of methoxy groups -OCH3 is 1. The second-order valence-electron chi connectivity index (χ2n) is 4.84. The Morgan fingerprint density at radius 2 is 1.82 bits per heavy atom. The molecule has 0 heterocycles. The van der Waals surface area contributed by atoms with Crippen molar-refractivity contribution in [2.75, 3.05) is 13.7 Å². The number of amides is 1. The average molecular weight is 320 g/mol. The van der Waals surface area contributed by atoms with Crippen LogP contribution in [-0.2, 0) is 11.3 Å². The van der Waals surface area contributed by atoms with Gasteiger partial charge < -0.3 is 14.8 Å². The van der Waals surface area contributed by atoms with Crippen LogP contribution < -0.4 is 14.8 Å². The molecule has 1 amide bonds. The maximum Gasteiger partial charge on any atom is 0.258 e. The first-order chi connectivity index (χ1) is 10.6. The molecule has 0 aliphatic rings. The second-order valence-corrected chi connectivity index (χ2v) is 5.24. The first-order valence-corrected chi connectivity index (χ1v) is 7.25. The molecule has 0 aromatic heterocycles. The average Bonchev–Trinajstić information content (AvgIpc) is 2.53. The fourth-order valence-electron chi connectivity index (χ4n) is 1.83. The van der Waals surface area contributed by atoms with Crippen LogP contribution in [0.15, 0.2) is 42.5 Å². The Kier molecular flexibility index (Phi) is 5.67. The number of aryl methyl sites for hydroxylation is 1. The van der Waals surface area contributed by atoms with Gasteiger partial charge in [-0.15, -0.1) is 0 Å². The molecule has 0 radical (unpaired) electrons. The van der Waals surface area contributed by atoms with Gasteiger partial charge in [-0.1, -0.05) is 35.4 Å². The second kappa shape index (κ2) is 7.71. The first kappa shape index (κ1) is 16.2. The predicted octanol–water partition coefficient (Wildman–Crippen LogP) is 3.35. The lowest BCUT2D eigenvalue weighted by Gasteiger charge is -2.09. The van der Waals surface area contributed by atoms with E-state index in [0.717, 1.165) is 11.1 Å². The van der Waals surface area contributed by atoms with Crippen LogP contribution in [0, 0.1) is 6.92 Å². The van der Waals surface area contributed by atoms with E-state index in [9.17, 15) is 4.79 Å². The van der Waals surface area contributed by atoms with E-state index in [4.69, 9.17) is 21.1 Å². The summed E-state index contributed by atoms with van der Waals surface area (Å²) in [5.41, 5.74) is 1.97. The monoisotopic (exact) mass is 319 g/mol. The van der Waals surface area contributed by atoms with Crippen molar-refractivity contribution in [3.05, 3.63) is 58.6 Å². The molecule has 22 heavy (non-hydrogen) atoms. The van der Waals surface area contributed by atoms with Gasteiger partial charge in [0.1, 0.15) is 11.5 Å². The van der Waals surface area contributed by atoms with Crippen molar-refractivity contribution in [1.82, 2.24) is 5.32 Å². The summed E-state index contributed by atoms with van der Waals surface area (Å²) in [6.07, 6.45) is 0. The molecule has 2 aromatic carbocycles. The van der Waals surface area contributed by atoms with E-state index < -0.39 is 0 Å². The standard InChI is InChI=1S/C17H18ClNO3/c1-12-3-6-14(7-4-12)22-11-17(20)19-10-13-5-8-15(21-2)9-16(13)18/h3-9H,10-11H2,1-2H3,(H,19,20). The van der Waals surface area contributed by atoms with Crippen LogP contribution in [0.25, 0.3) is 0 Å². The Morgan fingerprint density at radius 1 is 1.14 bits per heavy atom. The molecule has 0 saturated heterocycles. The molecule has 2 rings (SSSR count). The largest absolute Gasteiger partial charge is 0.497 e. The van der Waals surface area contributed by atoms with E-state index in [-0.39, 0.29) is 12.5 Å². The highest BCUT2D eigenvalue weighted by molar-refractivity contribution is 6.31. The number of benzene rings is 2. The number of carbonyl (C=O) groups excluding carboxylic acids is 1. The van der Waals surface area contributed by atoms with E-state index in [0.29, 0.717) is 23.1 Å². The smallest absolute Gasteiger partial charge is 0.258 e. The van der Waals surface area contributed by atoms with Crippen LogP contribution in [0.1, 0.15) is 11.1 Å². The third-order valence-electron chi connectivity index (χ3n) is 3.13. The zero-order valence-corrected chi connectivity index (χ0v) is 13.3. The minimum Gasteiger partial charge on any atom is -0.497 e.